The smallest absolute Gasteiger partial charge is 0.404 e. The number of para-hydroxylation sites is 2. The number of ether oxygens (including phenoxy) is 3. The summed E-state index contributed by atoms with van der Waals surface area (Å²) in [5, 5.41) is 9.42. The first-order chi connectivity index (χ1) is 10.1. The monoisotopic (exact) mass is 338 g/mol. The van der Waals surface area contributed by atoms with Gasteiger partial charge in [-0.2, -0.15) is 0 Å². The van der Waals surface area contributed by atoms with Crippen molar-refractivity contribution in [2.75, 3.05) is 20.3 Å². The summed E-state index contributed by atoms with van der Waals surface area (Å²) in [6, 6.07) is 7.03. The topological polar surface area (TPSA) is 172 Å². The maximum absolute atomic E-state index is 10.3. The van der Waals surface area contributed by atoms with Crippen LogP contribution in [0.2, 0.25) is 0 Å². The summed E-state index contributed by atoms with van der Waals surface area (Å²) >= 11 is 0. The molecule has 5 N–H and O–H groups in total. The van der Waals surface area contributed by atoms with Crippen LogP contribution >= 0.6 is 7.82 Å². The van der Waals surface area contributed by atoms with Gasteiger partial charge in [-0.1, -0.05) is 12.1 Å². The lowest BCUT2D eigenvalue weighted by Crippen LogP contribution is -2.27. The zero-order valence-electron chi connectivity index (χ0n) is 11.6. The Kier molecular flexibility index (Phi) is 9.15. The number of benzene rings is 1. The number of methoxy groups -OCH3 is 1. The van der Waals surface area contributed by atoms with Crippen molar-refractivity contribution in [2.45, 2.75) is 6.10 Å². The summed E-state index contributed by atoms with van der Waals surface area (Å²) < 4.78 is 23.6. The standard InChI is InChI=1S/C11H15NO5.H3O4P/c1-15-9-4-2-3-5-10(9)16-6-8(13)7-17-11(12)14;1-5(2,3)4/h2-5,8,13H,6-7H2,1H3,(H2,12,14);(H3,1,2,3,4)/p-1. The van der Waals surface area contributed by atoms with E-state index in [1.165, 1.54) is 7.11 Å². The Hall–Kier alpha value is -1.84. The van der Waals surface area contributed by atoms with Crippen LogP contribution in [-0.4, -0.2) is 47.4 Å². The highest BCUT2D eigenvalue weighted by atomic mass is 31.2. The van der Waals surface area contributed by atoms with Crippen LogP contribution in [0.25, 0.3) is 0 Å². The third kappa shape index (κ3) is 11.9. The van der Waals surface area contributed by atoms with Crippen LogP contribution in [-0.2, 0) is 9.30 Å². The minimum absolute atomic E-state index is 0.0202. The number of carbonyl (C=O) groups excluding carboxylic acids is 1. The van der Waals surface area contributed by atoms with Gasteiger partial charge in [-0.05, 0) is 12.1 Å². The van der Waals surface area contributed by atoms with Gasteiger partial charge in [0.1, 0.15) is 19.3 Å². The summed E-state index contributed by atoms with van der Waals surface area (Å²) in [5.41, 5.74) is 4.76. The molecular weight excluding hydrogens is 321 g/mol. The fraction of sp³-hybridized carbons (Fsp3) is 0.364. The second kappa shape index (κ2) is 9.98. The molecule has 0 spiro atoms. The van der Waals surface area contributed by atoms with E-state index >= 15 is 0 Å². The van der Waals surface area contributed by atoms with Crippen LogP contribution in [0.4, 0.5) is 4.79 Å². The van der Waals surface area contributed by atoms with Crippen molar-refractivity contribution in [3.8, 4) is 11.5 Å². The summed E-state index contributed by atoms with van der Waals surface area (Å²) in [6.07, 6.45) is -1.87. The lowest BCUT2D eigenvalue weighted by atomic mass is 10.3. The number of hydrogen-bond acceptors (Lipinski definition) is 7. The number of aliphatic hydroxyl groups is 1. The molecule has 0 aliphatic rings. The molecule has 22 heavy (non-hydrogen) atoms. The van der Waals surface area contributed by atoms with E-state index in [4.69, 9.17) is 34.5 Å². The van der Waals surface area contributed by atoms with Gasteiger partial charge in [0.15, 0.2) is 11.5 Å². The molecule has 11 heteroatoms. The van der Waals surface area contributed by atoms with Gasteiger partial charge >= 0.3 is 6.09 Å². The van der Waals surface area contributed by atoms with Gasteiger partial charge in [0.05, 0.1) is 7.11 Å². The van der Waals surface area contributed by atoms with Crippen LogP contribution in [0.15, 0.2) is 24.3 Å². The molecule has 0 heterocycles. The molecule has 0 bridgehead atoms. The molecule has 0 radical (unpaired) electrons. The highest BCUT2D eigenvalue weighted by Crippen LogP contribution is 2.25. The Bertz CT molecular complexity index is 496. The number of amides is 1. The molecule has 1 aromatic carbocycles. The van der Waals surface area contributed by atoms with Gasteiger partial charge in [0.25, 0.3) is 7.82 Å². The van der Waals surface area contributed by atoms with E-state index in [2.05, 4.69) is 4.74 Å². The fourth-order valence-electron chi connectivity index (χ4n) is 1.15. The van der Waals surface area contributed by atoms with E-state index in [0.29, 0.717) is 11.5 Å². The molecular formula is C11H17NO9P-. The average Bonchev–Trinajstić information content (AvgIpc) is 2.41. The van der Waals surface area contributed by atoms with Crippen molar-refractivity contribution in [3.63, 3.8) is 0 Å². The van der Waals surface area contributed by atoms with E-state index in [1.54, 1.807) is 24.3 Å². The maximum Gasteiger partial charge on any atom is 0.404 e. The van der Waals surface area contributed by atoms with E-state index in [9.17, 15) is 9.90 Å². The van der Waals surface area contributed by atoms with Crippen LogP contribution < -0.4 is 20.1 Å². The first kappa shape index (κ1) is 20.2. The number of rotatable bonds is 6. The van der Waals surface area contributed by atoms with E-state index in [-0.39, 0.29) is 13.2 Å². The van der Waals surface area contributed by atoms with Gasteiger partial charge in [0.2, 0.25) is 0 Å². The average molecular weight is 338 g/mol. The van der Waals surface area contributed by atoms with Crippen LogP contribution in [0, 0.1) is 0 Å². The zero-order chi connectivity index (χ0) is 17.2. The van der Waals surface area contributed by atoms with E-state index in [1.807, 2.05) is 0 Å². The second-order valence-corrected chi connectivity index (χ2v) is 4.72. The predicted molar refractivity (Wildman–Crippen MR) is 72.1 cm³/mol. The molecule has 0 aromatic heterocycles. The van der Waals surface area contributed by atoms with Gasteiger partial charge in [-0.3, -0.25) is 4.57 Å². The number of carbonyl (C=O) groups is 1. The van der Waals surface area contributed by atoms with E-state index < -0.39 is 20.0 Å². The van der Waals surface area contributed by atoms with Crippen molar-refractivity contribution in [1.82, 2.24) is 0 Å². The molecule has 0 aliphatic heterocycles. The molecule has 1 aromatic rings. The number of phosphoric acid groups is 1. The zero-order valence-corrected chi connectivity index (χ0v) is 12.5. The largest absolute Gasteiger partial charge is 0.756 e. The van der Waals surface area contributed by atoms with Crippen LogP contribution in [0.1, 0.15) is 0 Å². The molecule has 1 atom stereocenters. The molecule has 0 aliphatic carbocycles. The second-order valence-electron chi connectivity index (χ2n) is 3.74. The molecule has 10 nitrogen and oxygen atoms in total. The van der Waals surface area contributed by atoms with Crippen LogP contribution in [0.3, 0.4) is 0 Å². The van der Waals surface area contributed by atoms with Gasteiger partial charge < -0.3 is 39.7 Å². The molecule has 0 fully saturated rings. The molecule has 126 valence electrons. The third-order valence-electron chi connectivity index (χ3n) is 1.92. The Balaban J connectivity index is 0.000000763. The highest BCUT2D eigenvalue weighted by Gasteiger charge is 2.09. The number of primary amides is 1. The highest BCUT2D eigenvalue weighted by molar-refractivity contribution is 7.43. The minimum Gasteiger partial charge on any atom is -0.756 e. The van der Waals surface area contributed by atoms with Crippen molar-refractivity contribution in [3.05, 3.63) is 24.3 Å². The maximum atomic E-state index is 10.3. The Labute approximate surface area is 126 Å². The fourth-order valence-corrected chi connectivity index (χ4v) is 1.15. The SMILES string of the molecule is COc1ccccc1OCC(O)COC(N)=O.O=P([O-])(O)O. The molecule has 1 amide bonds. The van der Waals surface area contributed by atoms with Crippen molar-refractivity contribution in [1.29, 1.82) is 0 Å². The summed E-state index contributed by atoms with van der Waals surface area (Å²) in [6.45, 7) is -0.224. The van der Waals surface area contributed by atoms with Gasteiger partial charge in [0, 0.05) is 0 Å². The van der Waals surface area contributed by atoms with Crippen molar-refractivity contribution in [2.24, 2.45) is 5.73 Å². The Morgan fingerprint density at radius 2 is 1.82 bits per heavy atom. The minimum atomic E-state index is -4.89. The van der Waals surface area contributed by atoms with Gasteiger partial charge in [-0.25, -0.2) is 4.79 Å². The molecule has 1 unspecified atom stereocenters. The number of nitrogens with two attached hydrogens (primary N) is 1. The summed E-state index contributed by atoms with van der Waals surface area (Å²) in [4.78, 5) is 33.2. The Morgan fingerprint density at radius 3 is 2.27 bits per heavy atom. The number of hydrogen-bond donors (Lipinski definition) is 4. The normalized spacial score (nSPS) is 11.7. The lowest BCUT2D eigenvalue weighted by molar-refractivity contribution is -0.214. The molecule has 0 saturated carbocycles. The van der Waals surface area contributed by atoms with Gasteiger partial charge in [-0.15, -0.1) is 0 Å². The molecule has 1 rings (SSSR count). The quantitative estimate of drug-likeness (QED) is 0.473. The first-order valence-electron chi connectivity index (χ1n) is 5.76. The number of aliphatic hydroxyl groups excluding tert-OH is 1. The van der Waals surface area contributed by atoms with Crippen molar-refractivity contribution < 1.29 is 43.4 Å². The summed E-state index contributed by atoms with van der Waals surface area (Å²) in [5.74, 6) is 1.07. The predicted octanol–water partition coefficient (Wildman–Crippen LogP) is -1.03. The molecule has 0 saturated heterocycles. The van der Waals surface area contributed by atoms with Crippen molar-refractivity contribution >= 4 is 13.9 Å². The summed E-state index contributed by atoms with van der Waals surface area (Å²) in [7, 11) is -3.37. The van der Waals surface area contributed by atoms with Crippen LogP contribution in [0.5, 0.6) is 11.5 Å². The first-order valence-corrected chi connectivity index (χ1v) is 7.29. The van der Waals surface area contributed by atoms with E-state index in [0.717, 1.165) is 0 Å². The third-order valence-corrected chi connectivity index (χ3v) is 1.92. The lowest BCUT2D eigenvalue weighted by Gasteiger charge is -2.13. The Morgan fingerprint density at radius 1 is 1.32 bits per heavy atom.